The summed E-state index contributed by atoms with van der Waals surface area (Å²) in [4.78, 5) is 12.0. The van der Waals surface area contributed by atoms with Crippen molar-refractivity contribution in [2.75, 3.05) is 7.11 Å². The number of nitrogens with zero attached hydrogens (tertiary/aromatic N) is 2. The molecular formula is C11H12N2O3. The van der Waals surface area contributed by atoms with Crippen molar-refractivity contribution >= 4 is 11.0 Å². The molecule has 0 aliphatic heterocycles. The number of fused-ring (bicyclic) bond motifs is 1. The highest BCUT2D eigenvalue weighted by Crippen LogP contribution is 2.22. The minimum atomic E-state index is 0.267. The zero-order chi connectivity index (χ0) is 11.9. The molecule has 16 heavy (non-hydrogen) atoms. The van der Waals surface area contributed by atoms with E-state index in [1.54, 1.807) is 32.0 Å². The van der Waals surface area contributed by atoms with Crippen LogP contribution >= 0.6 is 0 Å². The van der Waals surface area contributed by atoms with Crippen molar-refractivity contribution in [1.29, 1.82) is 0 Å². The lowest BCUT2D eigenvalue weighted by Gasteiger charge is -2.16. The van der Waals surface area contributed by atoms with Gasteiger partial charge in [0.25, 0.3) is 5.69 Å². The quantitative estimate of drug-likeness (QED) is 0.684. The molecule has 1 aromatic carbocycles. The van der Waals surface area contributed by atoms with Crippen molar-refractivity contribution in [2.24, 2.45) is 0 Å². The molecule has 1 heterocycles. The number of hydrogen-bond donors (Lipinski definition) is 0. The summed E-state index contributed by atoms with van der Waals surface area (Å²) < 4.78 is 6.57. The fourth-order valence-electron chi connectivity index (χ4n) is 1.69. The molecule has 0 radical (unpaired) electrons. The first-order chi connectivity index (χ1) is 7.57. The maximum absolute atomic E-state index is 12.0. The van der Waals surface area contributed by atoms with Crippen LogP contribution in [0.2, 0.25) is 0 Å². The van der Waals surface area contributed by atoms with Gasteiger partial charge in [0.15, 0.2) is 5.75 Å². The molecule has 5 nitrogen and oxygen atoms in total. The van der Waals surface area contributed by atoms with Crippen molar-refractivity contribution in [3.8, 4) is 5.75 Å². The third-order valence-corrected chi connectivity index (χ3v) is 2.75. The summed E-state index contributed by atoms with van der Waals surface area (Å²) in [5, 5.41) is 11.9. The predicted molar refractivity (Wildman–Crippen MR) is 60.1 cm³/mol. The van der Waals surface area contributed by atoms with Gasteiger partial charge in [-0.2, -0.15) is 0 Å². The normalized spacial score (nSPS) is 10.7. The minimum absolute atomic E-state index is 0.267. The molecule has 0 amide bonds. The predicted octanol–water partition coefficient (Wildman–Crippen LogP) is 1.53. The average molecular weight is 220 g/mol. The minimum Gasteiger partial charge on any atom is -0.805 e. The van der Waals surface area contributed by atoms with Crippen LogP contribution in [-0.4, -0.2) is 11.8 Å². The average Bonchev–Trinajstić information content (AvgIpc) is 2.32. The van der Waals surface area contributed by atoms with Gasteiger partial charge in [-0.05, 0) is 19.1 Å². The van der Waals surface area contributed by atoms with Crippen LogP contribution < -0.4 is 9.16 Å². The van der Waals surface area contributed by atoms with E-state index in [9.17, 15) is 10.1 Å². The molecule has 0 atom stereocenters. The van der Waals surface area contributed by atoms with E-state index in [-0.39, 0.29) is 5.52 Å². The Kier molecular flexibility index (Phi) is 2.30. The Balaban J connectivity index is 3.08. The zero-order valence-electron chi connectivity index (χ0n) is 9.35. The molecular weight excluding hydrogens is 208 g/mol. The first kappa shape index (κ1) is 10.5. The second-order valence-corrected chi connectivity index (χ2v) is 3.59. The lowest BCUT2D eigenvalue weighted by molar-refractivity contribution is -0.474. The summed E-state index contributed by atoms with van der Waals surface area (Å²) in [5.74, 6) is 0.403. The molecule has 0 saturated heterocycles. The van der Waals surface area contributed by atoms with Gasteiger partial charge < -0.3 is 14.7 Å². The van der Waals surface area contributed by atoms with E-state index >= 15 is 0 Å². The van der Waals surface area contributed by atoms with Crippen molar-refractivity contribution in [3.05, 3.63) is 39.7 Å². The van der Waals surface area contributed by atoms with Gasteiger partial charge in [0.2, 0.25) is 0 Å². The van der Waals surface area contributed by atoms with Gasteiger partial charge in [0.1, 0.15) is 5.52 Å². The number of aromatic nitrogens is 2. The monoisotopic (exact) mass is 220 g/mol. The maximum atomic E-state index is 12.0. The number of benzene rings is 1. The standard InChI is InChI=1S/C11H12N2O3/c1-7-8(2)13(15)11-9(12(7)14)5-4-6-10(11)16-3/h4-6H,1-3H3. The summed E-state index contributed by atoms with van der Waals surface area (Å²) in [6.45, 7) is 3.23. The van der Waals surface area contributed by atoms with E-state index in [4.69, 9.17) is 4.74 Å². The molecule has 5 heteroatoms. The van der Waals surface area contributed by atoms with Gasteiger partial charge in [0, 0.05) is 11.8 Å². The lowest BCUT2D eigenvalue weighted by Crippen LogP contribution is -2.25. The molecule has 0 bridgehead atoms. The molecule has 0 aliphatic rings. The van der Waals surface area contributed by atoms with Crippen molar-refractivity contribution in [3.63, 3.8) is 0 Å². The van der Waals surface area contributed by atoms with Gasteiger partial charge in [0.05, 0.1) is 17.2 Å². The van der Waals surface area contributed by atoms with Crippen LogP contribution in [0.1, 0.15) is 11.4 Å². The summed E-state index contributed by atoms with van der Waals surface area (Å²) >= 11 is 0. The summed E-state index contributed by atoms with van der Waals surface area (Å²) in [6, 6.07) is 4.95. The number of para-hydroxylation sites is 1. The van der Waals surface area contributed by atoms with Crippen LogP contribution in [0.25, 0.3) is 11.0 Å². The fraction of sp³-hybridized carbons (Fsp3) is 0.273. The fourth-order valence-corrected chi connectivity index (χ4v) is 1.69. The first-order valence-corrected chi connectivity index (χ1v) is 4.87. The molecule has 0 spiro atoms. The molecule has 84 valence electrons. The van der Waals surface area contributed by atoms with Crippen molar-refractivity contribution < 1.29 is 9.16 Å². The topological polar surface area (TPSA) is 60.2 Å². The highest BCUT2D eigenvalue weighted by molar-refractivity contribution is 5.79. The summed E-state index contributed by atoms with van der Waals surface area (Å²) in [6.07, 6.45) is 0. The van der Waals surface area contributed by atoms with Gasteiger partial charge in [-0.15, -0.1) is 0 Å². The van der Waals surface area contributed by atoms with E-state index in [0.717, 1.165) is 9.16 Å². The number of rotatable bonds is 1. The van der Waals surface area contributed by atoms with Gasteiger partial charge >= 0.3 is 5.52 Å². The van der Waals surface area contributed by atoms with Crippen LogP contribution in [0.3, 0.4) is 0 Å². The van der Waals surface area contributed by atoms with Crippen molar-refractivity contribution in [2.45, 2.75) is 13.8 Å². The van der Waals surface area contributed by atoms with E-state index in [1.807, 2.05) is 0 Å². The van der Waals surface area contributed by atoms with Crippen LogP contribution in [0, 0.1) is 24.0 Å². The second kappa shape index (κ2) is 3.52. The first-order valence-electron chi connectivity index (χ1n) is 4.87. The van der Waals surface area contributed by atoms with Crippen LogP contribution in [-0.2, 0) is 0 Å². The Morgan fingerprint density at radius 3 is 2.69 bits per heavy atom. The largest absolute Gasteiger partial charge is 0.805 e. The van der Waals surface area contributed by atoms with Gasteiger partial charge in [-0.3, -0.25) is 0 Å². The Labute approximate surface area is 92.1 Å². The number of methoxy groups -OCH3 is 1. The Morgan fingerprint density at radius 2 is 2.06 bits per heavy atom. The SMILES string of the molecule is COc1cccc2c1[n+](=O)c(C)c(C)n2[O-]. The number of hydrogen-bond acceptors (Lipinski definition) is 3. The van der Waals surface area contributed by atoms with E-state index in [1.165, 1.54) is 7.11 Å². The smallest absolute Gasteiger partial charge is 0.327 e. The molecule has 0 fully saturated rings. The third-order valence-electron chi connectivity index (χ3n) is 2.75. The second-order valence-electron chi connectivity index (χ2n) is 3.59. The highest BCUT2D eigenvalue weighted by atomic mass is 16.5. The van der Waals surface area contributed by atoms with Gasteiger partial charge in [-0.25, -0.2) is 0 Å². The van der Waals surface area contributed by atoms with E-state index in [2.05, 4.69) is 0 Å². The van der Waals surface area contributed by atoms with Crippen molar-refractivity contribution in [1.82, 2.24) is 4.73 Å². The Hall–Kier alpha value is -2.04. The number of ether oxygens (including phenoxy) is 1. The van der Waals surface area contributed by atoms with Gasteiger partial charge in [-0.1, -0.05) is 6.07 Å². The lowest BCUT2D eigenvalue weighted by atomic mass is 10.2. The summed E-state index contributed by atoms with van der Waals surface area (Å²) in [7, 11) is 1.47. The molecule has 0 unspecified atom stereocenters. The van der Waals surface area contributed by atoms with Crippen LogP contribution in [0.5, 0.6) is 5.75 Å². The Bertz CT molecular complexity index is 617. The maximum Gasteiger partial charge on any atom is 0.327 e. The zero-order valence-corrected chi connectivity index (χ0v) is 9.35. The van der Waals surface area contributed by atoms with E-state index < -0.39 is 0 Å². The Morgan fingerprint density at radius 1 is 1.38 bits per heavy atom. The third kappa shape index (κ3) is 1.25. The molecule has 1 aromatic heterocycles. The highest BCUT2D eigenvalue weighted by Gasteiger charge is 2.19. The molecule has 2 aromatic rings. The van der Waals surface area contributed by atoms with Crippen LogP contribution in [0.4, 0.5) is 0 Å². The molecule has 0 aliphatic carbocycles. The molecule has 0 N–H and O–H groups in total. The molecule has 2 rings (SSSR count). The molecule has 0 saturated carbocycles. The summed E-state index contributed by atoms with van der Waals surface area (Å²) in [5.41, 5.74) is 1.36. The van der Waals surface area contributed by atoms with Crippen LogP contribution in [0.15, 0.2) is 18.2 Å². The van der Waals surface area contributed by atoms with E-state index in [0.29, 0.717) is 22.7 Å².